The minimum atomic E-state index is 0.638. The highest BCUT2D eigenvalue weighted by Gasteiger charge is 2.20. The van der Waals surface area contributed by atoms with Crippen molar-refractivity contribution in [2.24, 2.45) is 0 Å². The summed E-state index contributed by atoms with van der Waals surface area (Å²) in [5.74, 6) is 0. The molecule has 0 amide bonds. The zero-order chi connectivity index (χ0) is 13.4. The van der Waals surface area contributed by atoms with Crippen LogP contribution in [0.1, 0.15) is 23.9 Å². The molecule has 19 heavy (non-hydrogen) atoms. The Bertz CT molecular complexity index is 599. The lowest BCUT2D eigenvalue weighted by atomic mass is 10.1. The fourth-order valence-electron chi connectivity index (χ4n) is 2.58. The highest BCUT2D eigenvalue weighted by molar-refractivity contribution is 6.34. The number of nitrogens with zero attached hydrogens (tertiary/aromatic N) is 2. The second-order valence-corrected chi connectivity index (χ2v) is 5.56. The summed E-state index contributed by atoms with van der Waals surface area (Å²) >= 11 is 12.2. The van der Waals surface area contributed by atoms with Crippen molar-refractivity contribution >= 4 is 23.2 Å². The average Bonchev–Trinajstić information content (AvgIpc) is 2.76. The average molecular weight is 296 g/mol. The van der Waals surface area contributed by atoms with Crippen LogP contribution in [0.15, 0.2) is 18.2 Å². The molecule has 0 bridgehead atoms. The molecule has 1 aromatic heterocycles. The molecule has 0 aliphatic carbocycles. The Morgan fingerprint density at radius 3 is 2.68 bits per heavy atom. The van der Waals surface area contributed by atoms with Crippen molar-refractivity contribution in [1.82, 2.24) is 15.1 Å². The Morgan fingerprint density at radius 2 is 2.00 bits per heavy atom. The number of fused-ring (bicyclic) bond motifs is 1. The van der Waals surface area contributed by atoms with E-state index in [0.717, 1.165) is 37.3 Å². The fraction of sp³-hybridized carbons (Fsp3) is 0.357. The summed E-state index contributed by atoms with van der Waals surface area (Å²) in [6, 6.07) is 5.55. The monoisotopic (exact) mass is 295 g/mol. The standard InChI is InChI=1S/C14H15Cl2N3/c1-2-13-12-8-17-4-3-14(12)19(18-13)11-6-9(15)5-10(16)7-11/h5-7,17H,2-4,8H2,1H3. The molecule has 0 saturated heterocycles. The van der Waals surface area contributed by atoms with Crippen LogP contribution in [0.2, 0.25) is 10.0 Å². The van der Waals surface area contributed by atoms with Crippen LogP contribution < -0.4 is 5.32 Å². The largest absolute Gasteiger partial charge is 0.312 e. The number of aryl methyl sites for hydroxylation is 1. The van der Waals surface area contributed by atoms with E-state index in [9.17, 15) is 0 Å². The van der Waals surface area contributed by atoms with Crippen molar-refractivity contribution in [2.75, 3.05) is 6.54 Å². The Hall–Kier alpha value is -1.03. The van der Waals surface area contributed by atoms with E-state index in [-0.39, 0.29) is 0 Å². The summed E-state index contributed by atoms with van der Waals surface area (Å²) < 4.78 is 1.99. The van der Waals surface area contributed by atoms with E-state index in [0.29, 0.717) is 10.0 Å². The highest BCUT2D eigenvalue weighted by Crippen LogP contribution is 2.26. The number of rotatable bonds is 2. The van der Waals surface area contributed by atoms with Gasteiger partial charge in [-0.15, -0.1) is 0 Å². The summed E-state index contributed by atoms with van der Waals surface area (Å²) in [6.07, 6.45) is 1.91. The van der Waals surface area contributed by atoms with Crippen LogP contribution in [-0.2, 0) is 19.4 Å². The maximum atomic E-state index is 6.09. The molecule has 0 saturated carbocycles. The lowest BCUT2D eigenvalue weighted by molar-refractivity contribution is 0.622. The van der Waals surface area contributed by atoms with Gasteiger partial charge in [0.05, 0.1) is 17.1 Å². The maximum absolute atomic E-state index is 6.09. The van der Waals surface area contributed by atoms with Crippen molar-refractivity contribution < 1.29 is 0 Å². The molecule has 0 radical (unpaired) electrons. The second-order valence-electron chi connectivity index (χ2n) is 4.69. The van der Waals surface area contributed by atoms with Gasteiger partial charge < -0.3 is 5.32 Å². The minimum Gasteiger partial charge on any atom is -0.312 e. The van der Waals surface area contributed by atoms with E-state index < -0.39 is 0 Å². The predicted molar refractivity (Wildman–Crippen MR) is 78.4 cm³/mol. The molecule has 3 rings (SSSR count). The summed E-state index contributed by atoms with van der Waals surface area (Å²) in [5.41, 5.74) is 4.69. The van der Waals surface area contributed by atoms with Gasteiger partial charge in [0, 0.05) is 35.1 Å². The van der Waals surface area contributed by atoms with Crippen molar-refractivity contribution in [2.45, 2.75) is 26.3 Å². The lowest BCUT2D eigenvalue weighted by Gasteiger charge is -2.15. The molecule has 0 fully saturated rings. The third-order valence-corrected chi connectivity index (χ3v) is 3.88. The number of hydrogen-bond donors (Lipinski definition) is 1. The summed E-state index contributed by atoms with van der Waals surface area (Å²) in [7, 11) is 0. The normalized spacial score (nSPS) is 14.5. The molecular weight excluding hydrogens is 281 g/mol. The highest BCUT2D eigenvalue weighted by atomic mass is 35.5. The molecule has 100 valence electrons. The van der Waals surface area contributed by atoms with Gasteiger partial charge in [-0.05, 0) is 24.6 Å². The Balaban J connectivity index is 2.16. The van der Waals surface area contributed by atoms with E-state index in [2.05, 4.69) is 12.2 Å². The Labute approximate surface area is 122 Å². The van der Waals surface area contributed by atoms with Gasteiger partial charge in [0.25, 0.3) is 0 Å². The molecule has 1 aliphatic rings. The van der Waals surface area contributed by atoms with Crippen LogP contribution in [0.5, 0.6) is 0 Å². The number of nitrogens with one attached hydrogen (secondary N) is 1. The fourth-order valence-corrected chi connectivity index (χ4v) is 3.09. The molecule has 0 unspecified atom stereocenters. The lowest BCUT2D eigenvalue weighted by Crippen LogP contribution is -2.24. The molecular formula is C14H15Cl2N3. The summed E-state index contributed by atoms with van der Waals surface area (Å²) in [4.78, 5) is 0. The van der Waals surface area contributed by atoms with Gasteiger partial charge >= 0.3 is 0 Å². The van der Waals surface area contributed by atoms with Crippen LogP contribution in [0.3, 0.4) is 0 Å². The third kappa shape index (κ3) is 2.38. The summed E-state index contributed by atoms with van der Waals surface area (Å²) in [6.45, 7) is 4.01. The number of halogens is 2. The predicted octanol–water partition coefficient (Wildman–Crippen LogP) is 3.39. The molecule has 1 aromatic carbocycles. The van der Waals surface area contributed by atoms with Gasteiger partial charge in [0.1, 0.15) is 0 Å². The van der Waals surface area contributed by atoms with Crippen molar-refractivity contribution in [3.63, 3.8) is 0 Å². The molecule has 2 aromatic rings. The summed E-state index contributed by atoms with van der Waals surface area (Å²) in [5, 5.41) is 9.40. The van der Waals surface area contributed by atoms with E-state index in [1.807, 2.05) is 16.8 Å². The van der Waals surface area contributed by atoms with E-state index in [4.69, 9.17) is 28.3 Å². The first-order valence-corrected chi connectivity index (χ1v) is 7.21. The zero-order valence-electron chi connectivity index (χ0n) is 10.7. The third-order valence-electron chi connectivity index (χ3n) is 3.44. The van der Waals surface area contributed by atoms with Crippen LogP contribution in [-0.4, -0.2) is 16.3 Å². The first kappa shape index (κ1) is 13.0. The first-order chi connectivity index (χ1) is 9.19. The molecule has 1 aliphatic heterocycles. The van der Waals surface area contributed by atoms with E-state index in [1.165, 1.54) is 11.3 Å². The quantitative estimate of drug-likeness (QED) is 0.920. The van der Waals surface area contributed by atoms with E-state index >= 15 is 0 Å². The molecule has 3 nitrogen and oxygen atoms in total. The van der Waals surface area contributed by atoms with Gasteiger partial charge in [-0.3, -0.25) is 0 Å². The molecule has 2 heterocycles. The Morgan fingerprint density at radius 1 is 1.26 bits per heavy atom. The molecule has 5 heteroatoms. The van der Waals surface area contributed by atoms with Crippen molar-refractivity contribution in [3.05, 3.63) is 45.2 Å². The number of aromatic nitrogens is 2. The van der Waals surface area contributed by atoms with Crippen LogP contribution in [0.25, 0.3) is 5.69 Å². The van der Waals surface area contributed by atoms with Gasteiger partial charge in [-0.1, -0.05) is 30.1 Å². The van der Waals surface area contributed by atoms with Crippen molar-refractivity contribution in [3.8, 4) is 5.69 Å². The number of hydrogen-bond acceptors (Lipinski definition) is 2. The first-order valence-electron chi connectivity index (χ1n) is 6.46. The van der Waals surface area contributed by atoms with Crippen LogP contribution in [0, 0.1) is 0 Å². The zero-order valence-corrected chi connectivity index (χ0v) is 12.2. The number of benzene rings is 1. The van der Waals surface area contributed by atoms with Gasteiger partial charge in [0.15, 0.2) is 0 Å². The van der Waals surface area contributed by atoms with Gasteiger partial charge in [-0.25, -0.2) is 4.68 Å². The molecule has 1 N–H and O–H groups in total. The van der Waals surface area contributed by atoms with Crippen LogP contribution in [0.4, 0.5) is 0 Å². The topological polar surface area (TPSA) is 29.9 Å². The molecule has 0 spiro atoms. The second kappa shape index (κ2) is 5.16. The van der Waals surface area contributed by atoms with Crippen molar-refractivity contribution in [1.29, 1.82) is 0 Å². The van der Waals surface area contributed by atoms with Crippen LogP contribution >= 0.6 is 23.2 Å². The smallest absolute Gasteiger partial charge is 0.0678 e. The van der Waals surface area contributed by atoms with Gasteiger partial charge in [0.2, 0.25) is 0 Å². The van der Waals surface area contributed by atoms with E-state index in [1.54, 1.807) is 6.07 Å². The Kier molecular flexibility index (Phi) is 3.52. The molecule has 0 atom stereocenters. The SMILES string of the molecule is CCc1nn(-c2cc(Cl)cc(Cl)c2)c2c1CNCC2. The maximum Gasteiger partial charge on any atom is 0.0678 e. The van der Waals surface area contributed by atoms with Gasteiger partial charge in [-0.2, -0.15) is 5.10 Å². The minimum absolute atomic E-state index is 0.638.